The van der Waals surface area contributed by atoms with Crippen LogP contribution in [0.1, 0.15) is 23.1 Å². The van der Waals surface area contributed by atoms with Crippen LogP contribution in [0.4, 0.5) is 0 Å². The van der Waals surface area contributed by atoms with E-state index in [1.54, 1.807) is 0 Å². The molecule has 0 aliphatic carbocycles. The van der Waals surface area contributed by atoms with Gasteiger partial charge in [-0.1, -0.05) is 23.8 Å². The summed E-state index contributed by atoms with van der Waals surface area (Å²) in [6, 6.07) is 6.52. The minimum Gasteiger partial charge on any atom is -0.396 e. The Labute approximate surface area is 97.3 Å². The summed E-state index contributed by atoms with van der Waals surface area (Å²) < 4.78 is 5.43. The molecule has 0 saturated carbocycles. The Morgan fingerprint density at radius 1 is 1.38 bits per heavy atom. The monoisotopic (exact) mass is 220 g/mol. The van der Waals surface area contributed by atoms with Gasteiger partial charge in [0, 0.05) is 12.0 Å². The Hall–Kier alpha value is -0.860. The lowest BCUT2D eigenvalue weighted by Gasteiger charge is -2.25. The number of rotatable bonds is 3. The maximum atomic E-state index is 9.56. The predicted molar refractivity (Wildman–Crippen MR) is 64.6 cm³/mol. The van der Waals surface area contributed by atoms with Crippen molar-refractivity contribution in [2.45, 2.75) is 26.7 Å². The van der Waals surface area contributed by atoms with Gasteiger partial charge < -0.3 is 9.84 Å². The lowest BCUT2D eigenvalue weighted by molar-refractivity contribution is 0.0934. The Kier molecular flexibility index (Phi) is 3.31. The molecule has 1 fully saturated rings. The van der Waals surface area contributed by atoms with E-state index in [0.29, 0.717) is 6.61 Å². The molecule has 0 bridgehead atoms. The van der Waals surface area contributed by atoms with E-state index >= 15 is 0 Å². The number of hydrogen-bond donors (Lipinski definition) is 1. The van der Waals surface area contributed by atoms with Crippen molar-refractivity contribution >= 4 is 0 Å². The topological polar surface area (TPSA) is 29.5 Å². The first-order valence-electron chi connectivity index (χ1n) is 5.90. The third-order valence-electron chi connectivity index (χ3n) is 3.59. The molecule has 2 nitrogen and oxygen atoms in total. The molecule has 1 atom stereocenters. The van der Waals surface area contributed by atoms with Gasteiger partial charge in [0.25, 0.3) is 0 Å². The molecule has 88 valence electrons. The molecule has 2 heteroatoms. The highest BCUT2D eigenvalue weighted by Crippen LogP contribution is 2.33. The lowest BCUT2D eigenvalue weighted by Crippen LogP contribution is -2.28. The second kappa shape index (κ2) is 4.56. The minimum atomic E-state index is -0.0431. The van der Waals surface area contributed by atoms with Crippen LogP contribution >= 0.6 is 0 Å². The summed E-state index contributed by atoms with van der Waals surface area (Å²) in [4.78, 5) is 0. The van der Waals surface area contributed by atoms with Crippen molar-refractivity contribution in [1.29, 1.82) is 0 Å². The highest BCUT2D eigenvalue weighted by atomic mass is 16.5. The number of aliphatic hydroxyl groups is 1. The van der Waals surface area contributed by atoms with E-state index in [9.17, 15) is 5.11 Å². The maximum absolute atomic E-state index is 9.56. The third kappa shape index (κ3) is 2.28. The summed E-state index contributed by atoms with van der Waals surface area (Å²) in [6.07, 6.45) is 1.90. The second-order valence-corrected chi connectivity index (χ2v) is 5.07. The Morgan fingerprint density at radius 2 is 2.19 bits per heavy atom. The van der Waals surface area contributed by atoms with Gasteiger partial charge in [0.15, 0.2) is 0 Å². The SMILES string of the molecule is Cc1ccc(C)c(CC2(CO)CCOC2)c1. The second-order valence-electron chi connectivity index (χ2n) is 5.07. The predicted octanol–water partition coefficient (Wildman–Crippen LogP) is 2.24. The van der Waals surface area contributed by atoms with Gasteiger partial charge in [-0.15, -0.1) is 0 Å². The van der Waals surface area contributed by atoms with Crippen molar-refractivity contribution in [2.75, 3.05) is 19.8 Å². The molecule has 1 saturated heterocycles. The van der Waals surface area contributed by atoms with Crippen molar-refractivity contribution < 1.29 is 9.84 Å². The minimum absolute atomic E-state index is 0.0431. The van der Waals surface area contributed by atoms with Crippen LogP contribution in [0.3, 0.4) is 0 Å². The van der Waals surface area contributed by atoms with Crippen LogP contribution in [0, 0.1) is 19.3 Å². The molecule has 0 amide bonds. The van der Waals surface area contributed by atoms with Gasteiger partial charge in [-0.3, -0.25) is 0 Å². The van der Waals surface area contributed by atoms with Crippen LogP contribution in [0.2, 0.25) is 0 Å². The zero-order chi connectivity index (χ0) is 11.6. The van der Waals surface area contributed by atoms with Crippen LogP contribution in [-0.4, -0.2) is 24.9 Å². The molecule has 1 unspecified atom stereocenters. The van der Waals surface area contributed by atoms with Gasteiger partial charge in [0.2, 0.25) is 0 Å². The normalized spacial score (nSPS) is 24.9. The number of aryl methyl sites for hydroxylation is 2. The quantitative estimate of drug-likeness (QED) is 0.846. The van der Waals surface area contributed by atoms with Gasteiger partial charge >= 0.3 is 0 Å². The maximum Gasteiger partial charge on any atom is 0.0548 e. The third-order valence-corrected chi connectivity index (χ3v) is 3.59. The van der Waals surface area contributed by atoms with Gasteiger partial charge in [-0.25, -0.2) is 0 Å². The molecule has 0 aromatic heterocycles. The molecular formula is C14H20O2. The van der Waals surface area contributed by atoms with E-state index in [4.69, 9.17) is 4.74 Å². The first-order chi connectivity index (χ1) is 7.65. The van der Waals surface area contributed by atoms with Crippen molar-refractivity contribution in [2.24, 2.45) is 5.41 Å². The first-order valence-corrected chi connectivity index (χ1v) is 5.90. The summed E-state index contributed by atoms with van der Waals surface area (Å²) >= 11 is 0. The van der Waals surface area contributed by atoms with E-state index in [2.05, 4.69) is 32.0 Å². The molecule has 1 N–H and O–H groups in total. The number of hydrogen-bond acceptors (Lipinski definition) is 2. The zero-order valence-corrected chi connectivity index (χ0v) is 10.1. The van der Waals surface area contributed by atoms with Gasteiger partial charge in [0.1, 0.15) is 0 Å². The summed E-state index contributed by atoms with van der Waals surface area (Å²) in [5.41, 5.74) is 3.90. The highest BCUT2D eigenvalue weighted by molar-refractivity contribution is 5.31. The largest absolute Gasteiger partial charge is 0.396 e. The molecule has 1 heterocycles. The molecule has 1 aromatic rings. The molecule has 0 radical (unpaired) electrons. The van der Waals surface area contributed by atoms with Crippen molar-refractivity contribution in [3.8, 4) is 0 Å². The Balaban J connectivity index is 2.21. The summed E-state index contributed by atoms with van der Waals surface area (Å²) in [7, 11) is 0. The highest BCUT2D eigenvalue weighted by Gasteiger charge is 2.34. The fraction of sp³-hybridized carbons (Fsp3) is 0.571. The molecule has 2 rings (SSSR count). The number of ether oxygens (including phenoxy) is 1. The smallest absolute Gasteiger partial charge is 0.0548 e. The van der Waals surface area contributed by atoms with E-state index in [0.717, 1.165) is 19.4 Å². The van der Waals surface area contributed by atoms with E-state index in [1.807, 2.05) is 0 Å². The van der Waals surface area contributed by atoms with Crippen LogP contribution in [-0.2, 0) is 11.2 Å². The number of aliphatic hydroxyl groups excluding tert-OH is 1. The number of benzene rings is 1. The van der Waals surface area contributed by atoms with Crippen LogP contribution < -0.4 is 0 Å². The van der Waals surface area contributed by atoms with E-state index in [1.165, 1.54) is 16.7 Å². The van der Waals surface area contributed by atoms with Gasteiger partial charge in [-0.05, 0) is 37.8 Å². The standard InChI is InChI=1S/C14H20O2/c1-11-3-4-12(2)13(7-11)8-14(9-15)5-6-16-10-14/h3-4,7,15H,5-6,8-10H2,1-2H3. The summed E-state index contributed by atoms with van der Waals surface area (Å²) in [5.74, 6) is 0. The van der Waals surface area contributed by atoms with Crippen molar-refractivity contribution in [1.82, 2.24) is 0 Å². The van der Waals surface area contributed by atoms with Gasteiger partial charge in [-0.2, -0.15) is 0 Å². The van der Waals surface area contributed by atoms with Crippen LogP contribution in [0.5, 0.6) is 0 Å². The molecule has 1 aromatic carbocycles. The first kappa shape index (κ1) is 11.6. The average Bonchev–Trinajstić information content (AvgIpc) is 2.73. The zero-order valence-electron chi connectivity index (χ0n) is 10.1. The van der Waals surface area contributed by atoms with Crippen molar-refractivity contribution in [3.63, 3.8) is 0 Å². The van der Waals surface area contributed by atoms with E-state index < -0.39 is 0 Å². The molecule has 1 aliphatic heterocycles. The Morgan fingerprint density at radius 3 is 2.81 bits per heavy atom. The summed E-state index contributed by atoms with van der Waals surface area (Å²) in [5, 5.41) is 9.56. The van der Waals surface area contributed by atoms with E-state index in [-0.39, 0.29) is 12.0 Å². The van der Waals surface area contributed by atoms with Crippen molar-refractivity contribution in [3.05, 3.63) is 34.9 Å². The lowest BCUT2D eigenvalue weighted by atomic mass is 9.80. The van der Waals surface area contributed by atoms with Crippen LogP contribution in [0.15, 0.2) is 18.2 Å². The van der Waals surface area contributed by atoms with Crippen LogP contribution in [0.25, 0.3) is 0 Å². The average molecular weight is 220 g/mol. The molecule has 16 heavy (non-hydrogen) atoms. The Bertz CT molecular complexity index is 365. The van der Waals surface area contributed by atoms with Gasteiger partial charge in [0.05, 0.1) is 13.2 Å². The summed E-state index contributed by atoms with van der Waals surface area (Å²) in [6.45, 7) is 5.94. The molecular weight excluding hydrogens is 200 g/mol. The molecule has 1 aliphatic rings. The fourth-order valence-electron chi connectivity index (χ4n) is 2.36. The molecule has 0 spiro atoms. The fourth-order valence-corrected chi connectivity index (χ4v) is 2.36.